The fraction of sp³-hybridized carbons (Fsp3) is 0.464. The van der Waals surface area contributed by atoms with Crippen molar-refractivity contribution in [1.82, 2.24) is 10.6 Å². The topological polar surface area (TPSA) is 105 Å². The maximum Gasteiger partial charge on any atom is 0.407 e. The van der Waals surface area contributed by atoms with E-state index in [4.69, 9.17) is 9.84 Å². The van der Waals surface area contributed by atoms with E-state index in [1.165, 1.54) is 22.3 Å². The lowest BCUT2D eigenvalue weighted by Gasteiger charge is -2.25. The van der Waals surface area contributed by atoms with Crippen LogP contribution in [0, 0.1) is 16.7 Å². The second kappa shape index (κ2) is 8.70. The number of rotatable bonds is 8. The number of amides is 2. The zero-order chi connectivity index (χ0) is 24.8. The van der Waals surface area contributed by atoms with Crippen molar-refractivity contribution in [3.63, 3.8) is 0 Å². The Morgan fingerprint density at radius 2 is 1.66 bits per heavy atom. The van der Waals surface area contributed by atoms with Gasteiger partial charge in [0, 0.05) is 18.5 Å². The van der Waals surface area contributed by atoms with E-state index in [-0.39, 0.29) is 36.8 Å². The first-order valence-corrected chi connectivity index (χ1v) is 12.3. The van der Waals surface area contributed by atoms with Gasteiger partial charge in [0.05, 0.1) is 11.8 Å². The fourth-order valence-electron chi connectivity index (χ4n) is 6.06. The second-order valence-electron chi connectivity index (χ2n) is 11.1. The summed E-state index contributed by atoms with van der Waals surface area (Å²) >= 11 is 0. The predicted octanol–water partition coefficient (Wildman–Crippen LogP) is 4.31. The van der Waals surface area contributed by atoms with Crippen LogP contribution in [0.3, 0.4) is 0 Å². The summed E-state index contributed by atoms with van der Waals surface area (Å²) in [6.45, 7) is 4.25. The second-order valence-corrected chi connectivity index (χ2v) is 11.1. The number of alkyl carbamates (subject to hydrolysis) is 1. The van der Waals surface area contributed by atoms with Crippen molar-refractivity contribution < 1.29 is 24.2 Å². The number of carboxylic acids is 1. The molecule has 184 valence electrons. The van der Waals surface area contributed by atoms with Crippen LogP contribution in [0.25, 0.3) is 11.1 Å². The molecule has 7 nitrogen and oxygen atoms in total. The average Bonchev–Trinajstić information content (AvgIpc) is 3.24. The standard InChI is InChI=1S/C28H32N2O5/c1-27(2,14-24(31)32)16-29-25(33)28-12-17(28)11-18(13-28)30-26(34)35-15-23-21-9-5-3-7-19(21)20-8-4-6-10-22(20)23/h3-10,17-18,23H,11-16H2,1-2H3,(H,29,33)(H,30,34)(H,31,32)/t17-,18+,28+/m1/s1. The van der Waals surface area contributed by atoms with Gasteiger partial charge in [-0.15, -0.1) is 0 Å². The number of carbonyl (C=O) groups excluding carboxylic acids is 2. The highest BCUT2D eigenvalue weighted by Gasteiger charge is 2.65. The third kappa shape index (κ3) is 4.51. The Kier molecular flexibility index (Phi) is 5.82. The van der Waals surface area contributed by atoms with Crippen LogP contribution in [0.4, 0.5) is 4.79 Å². The molecule has 0 aliphatic heterocycles. The largest absolute Gasteiger partial charge is 0.481 e. The first-order valence-electron chi connectivity index (χ1n) is 12.3. The van der Waals surface area contributed by atoms with Gasteiger partial charge in [-0.25, -0.2) is 4.79 Å². The van der Waals surface area contributed by atoms with Crippen molar-refractivity contribution in [2.75, 3.05) is 13.2 Å². The summed E-state index contributed by atoms with van der Waals surface area (Å²) in [6, 6.07) is 16.4. The lowest BCUT2D eigenvalue weighted by atomic mass is 9.89. The molecule has 2 aromatic rings. The van der Waals surface area contributed by atoms with Crippen LogP contribution in [-0.2, 0) is 14.3 Å². The highest BCUT2D eigenvalue weighted by molar-refractivity contribution is 5.87. The summed E-state index contributed by atoms with van der Waals surface area (Å²) in [5.41, 5.74) is 3.76. The summed E-state index contributed by atoms with van der Waals surface area (Å²) in [6.07, 6.45) is 1.72. The van der Waals surface area contributed by atoms with E-state index in [1.807, 2.05) is 38.1 Å². The van der Waals surface area contributed by atoms with Gasteiger partial charge in [-0.2, -0.15) is 0 Å². The van der Waals surface area contributed by atoms with Crippen molar-refractivity contribution >= 4 is 18.0 Å². The molecule has 0 spiro atoms. The number of benzene rings is 2. The molecule has 2 saturated carbocycles. The molecule has 5 rings (SSSR count). The van der Waals surface area contributed by atoms with Crippen LogP contribution in [0.15, 0.2) is 48.5 Å². The minimum Gasteiger partial charge on any atom is -0.481 e. The number of aliphatic carboxylic acids is 1. The van der Waals surface area contributed by atoms with Crippen molar-refractivity contribution in [2.24, 2.45) is 16.7 Å². The van der Waals surface area contributed by atoms with Crippen LogP contribution in [-0.4, -0.2) is 42.3 Å². The molecule has 3 aliphatic carbocycles. The molecule has 2 fully saturated rings. The maximum absolute atomic E-state index is 12.9. The molecule has 3 aliphatic rings. The molecule has 0 unspecified atom stereocenters. The molecule has 3 atom stereocenters. The quantitative estimate of drug-likeness (QED) is 0.527. The highest BCUT2D eigenvalue weighted by Crippen LogP contribution is 2.63. The van der Waals surface area contributed by atoms with E-state index >= 15 is 0 Å². The zero-order valence-electron chi connectivity index (χ0n) is 20.2. The highest BCUT2D eigenvalue weighted by atomic mass is 16.5. The van der Waals surface area contributed by atoms with Crippen LogP contribution in [0.5, 0.6) is 0 Å². The normalized spacial score (nSPS) is 24.2. The van der Waals surface area contributed by atoms with E-state index in [2.05, 4.69) is 34.9 Å². The van der Waals surface area contributed by atoms with Gasteiger partial charge in [0.25, 0.3) is 0 Å². The Labute approximate surface area is 205 Å². The van der Waals surface area contributed by atoms with Crippen LogP contribution < -0.4 is 10.6 Å². The number of fused-ring (bicyclic) bond motifs is 4. The van der Waals surface area contributed by atoms with E-state index in [0.717, 1.165) is 12.8 Å². The van der Waals surface area contributed by atoms with Crippen molar-refractivity contribution in [1.29, 1.82) is 0 Å². The first-order chi connectivity index (χ1) is 16.7. The molecule has 0 bridgehead atoms. The third-order valence-electron chi connectivity index (χ3n) is 7.89. The predicted molar refractivity (Wildman–Crippen MR) is 131 cm³/mol. The minimum absolute atomic E-state index is 0.00429. The van der Waals surface area contributed by atoms with Crippen molar-refractivity contribution in [3.8, 4) is 11.1 Å². The van der Waals surface area contributed by atoms with E-state index in [9.17, 15) is 14.4 Å². The molecular formula is C28H32N2O5. The summed E-state index contributed by atoms with van der Waals surface area (Å²) in [5.74, 6) is -0.641. The molecule has 3 N–H and O–H groups in total. The molecule has 0 heterocycles. The van der Waals surface area contributed by atoms with Gasteiger partial charge in [-0.3, -0.25) is 9.59 Å². The molecule has 0 aromatic heterocycles. The Bertz CT molecular complexity index is 1130. The molecule has 7 heteroatoms. The number of hydrogen-bond acceptors (Lipinski definition) is 4. The maximum atomic E-state index is 12.9. The molecule has 0 saturated heterocycles. The number of nitrogens with one attached hydrogen (secondary N) is 2. The average molecular weight is 477 g/mol. The Morgan fingerprint density at radius 3 is 2.29 bits per heavy atom. The summed E-state index contributed by atoms with van der Waals surface area (Å²) in [4.78, 5) is 36.6. The van der Waals surface area contributed by atoms with Crippen LogP contribution in [0.1, 0.15) is 56.6 Å². The summed E-state index contributed by atoms with van der Waals surface area (Å²) in [5, 5.41) is 15.0. The Morgan fingerprint density at radius 1 is 1.03 bits per heavy atom. The summed E-state index contributed by atoms with van der Waals surface area (Å²) < 4.78 is 5.67. The Hall–Kier alpha value is -3.35. The van der Waals surface area contributed by atoms with Gasteiger partial charge in [-0.1, -0.05) is 62.4 Å². The molecule has 0 radical (unpaired) electrons. The number of carbonyl (C=O) groups is 3. The third-order valence-corrected chi connectivity index (χ3v) is 7.89. The lowest BCUT2D eigenvalue weighted by Crippen LogP contribution is -2.41. The van der Waals surface area contributed by atoms with E-state index in [1.54, 1.807) is 0 Å². The van der Waals surface area contributed by atoms with Gasteiger partial charge >= 0.3 is 12.1 Å². The van der Waals surface area contributed by atoms with Crippen molar-refractivity contribution in [2.45, 2.75) is 51.5 Å². The smallest absolute Gasteiger partial charge is 0.407 e. The minimum atomic E-state index is -0.875. The van der Waals surface area contributed by atoms with Gasteiger partial charge in [0.1, 0.15) is 6.61 Å². The lowest BCUT2D eigenvalue weighted by molar-refractivity contribution is -0.139. The molecule has 2 amide bonds. The van der Waals surface area contributed by atoms with E-state index < -0.39 is 22.9 Å². The Balaban J connectivity index is 1.14. The molecular weight excluding hydrogens is 444 g/mol. The van der Waals surface area contributed by atoms with Gasteiger partial charge in [0.2, 0.25) is 5.91 Å². The molecule has 35 heavy (non-hydrogen) atoms. The van der Waals surface area contributed by atoms with Crippen molar-refractivity contribution in [3.05, 3.63) is 59.7 Å². The SMILES string of the molecule is CC(C)(CNC(=O)[C@@]12C[C@@H](NC(=O)OCC3c4ccccc4-c4ccccc43)C[C@@H]1C2)CC(=O)O. The number of hydrogen-bond donors (Lipinski definition) is 3. The number of ether oxygens (including phenoxy) is 1. The molecule has 2 aromatic carbocycles. The monoisotopic (exact) mass is 476 g/mol. The zero-order valence-corrected chi connectivity index (χ0v) is 20.2. The van der Waals surface area contributed by atoms with Crippen LogP contribution >= 0.6 is 0 Å². The number of carboxylic acid groups (broad SMARTS) is 1. The fourth-order valence-corrected chi connectivity index (χ4v) is 6.06. The summed E-state index contributed by atoms with van der Waals surface area (Å²) in [7, 11) is 0. The first kappa shape index (κ1) is 23.4. The van der Waals surface area contributed by atoms with Gasteiger partial charge in [0.15, 0.2) is 0 Å². The van der Waals surface area contributed by atoms with Gasteiger partial charge in [-0.05, 0) is 52.8 Å². The van der Waals surface area contributed by atoms with E-state index in [0.29, 0.717) is 13.0 Å². The van der Waals surface area contributed by atoms with Crippen LogP contribution in [0.2, 0.25) is 0 Å². The van der Waals surface area contributed by atoms with Gasteiger partial charge < -0.3 is 20.5 Å².